The van der Waals surface area contributed by atoms with E-state index < -0.39 is 17.9 Å². The molecule has 1 aromatic rings. The third-order valence-corrected chi connectivity index (χ3v) is 2.49. The Morgan fingerprint density at radius 3 is 2.28 bits per heavy atom. The van der Waals surface area contributed by atoms with Crippen molar-refractivity contribution in [1.82, 2.24) is 0 Å². The van der Waals surface area contributed by atoms with Gasteiger partial charge in [-0.25, -0.2) is 0 Å². The van der Waals surface area contributed by atoms with Gasteiger partial charge in [0.2, 0.25) is 0 Å². The Morgan fingerprint density at radius 2 is 1.72 bits per heavy atom. The van der Waals surface area contributed by atoms with Crippen molar-refractivity contribution in [3.63, 3.8) is 0 Å². The van der Waals surface area contributed by atoms with Crippen LogP contribution in [0.1, 0.15) is 18.4 Å². The predicted molar refractivity (Wildman–Crippen MR) is 64.1 cm³/mol. The van der Waals surface area contributed by atoms with Crippen LogP contribution in [0.2, 0.25) is 0 Å². The van der Waals surface area contributed by atoms with Crippen LogP contribution in [-0.2, 0) is 20.9 Å². The molecule has 0 aliphatic carbocycles. The average molecular weight is 252 g/mol. The van der Waals surface area contributed by atoms with E-state index in [4.69, 9.17) is 14.9 Å². The van der Waals surface area contributed by atoms with Gasteiger partial charge in [-0.05, 0) is 18.4 Å². The number of carboxylic acid groups (broad SMARTS) is 2. The molecule has 5 heteroatoms. The van der Waals surface area contributed by atoms with Crippen molar-refractivity contribution >= 4 is 11.9 Å². The Morgan fingerprint density at radius 1 is 1.11 bits per heavy atom. The Hall–Kier alpha value is -1.88. The molecule has 18 heavy (non-hydrogen) atoms. The van der Waals surface area contributed by atoms with Crippen LogP contribution in [0.3, 0.4) is 0 Å². The fourth-order valence-electron chi connectivity index (χ4n) is 1.51. The maximum absolute atomic E-state index is 10.6. The Balaban J connectivity index is 2.19. The van der Waals surface area contributed by atoms with Gasteiger partial charge in [0.15, 0.2) is 5.92 Å². The third kappa shape index (κ3) is 4.97. The van der Waals surface area contributed by atoms with Crippen LogP contribution in [-0.4, -0.2) is 28.8 Å². The number of hydrogen-bond donors (Lipinski definition) is 2. The molecule has 0 unspecified atom stereocenters. The molecule has 1 rings (SSSR count). The highest BCUT2D eigenvalue weighted by Gasteiger charge is 2.24. The zero-order valence-electron chi connectivity index (χ0n) is 9.91. The molecule has 98 valence electrons. The van der Waals surface area contributed by atoms with Gasteiger partial charge in [0.25, 0.3) is 0 Å². The quantitative estimate of drug-likeness (QED) is 0.544. The standard InChI is InChI=1S/C13H16O5/c14-12(15)11(13(16)17)7-4-8-18-9-10-5-2-1-3-6-10/h1-3,5-6,11H,4,7-9H2,(H,14,15)(H,16,17). The highest BCUT2D eigenvalue weighted by molar-refractivity contribution is 5.92. The summed E-state index contributed by atoms with van der Waals surface area (Å²) in [6.07, 6.45) is 0.496. The Kier molecular flexibility index (Phi) is 5.87. The molecule has 0 saturated carbocycles. The van der Waals surface area contributed by atoms with Crippen molar-refractivity contribution in [2.24, 2.45) is 5.92 Å². The van der Waals surface area contributed by atoms with Crippen molar-refractivity contribution < 1.29 is 24.5 Å². The van der Waals surface area contributed by atoms with Crippen molar-refractivity contribution in [1.29, 1.82) is 0 Å². The van der Waals surface area contributed by atoms with Crippen molar-refractivity contribution in [2.75, 3.05) is 6.61 Å². The Labute approximate surface area is 105 Å². The molecule has 0 aromatic heterocycles. The van der Waals surface area contributed by atoms with Gasteiger partial charge in [-0.3, -0.25) is 9.59 Å². The van der Waals surface area contributed by atoms with E-state index in [0.717, 1.165) is 5.56 Å². The molecule has 0 amide bonds. The second kappa shape index (κ2) is 7.45. The SMILES string of the molecule is O=C(O)C(CCCOCc1ccccc1)C(=O)O. The van der Waals surface area contributed by atoms with Crippen LogP contribution in [0.5, 0.6) is 0 Å². The van der Waals surface area contributed by atoms with E-state index in [2.05, 4.69) is 0 Å². The lowest BCUT2D eigenvalue weighted by Gasteiger charge is -2.07. The molecule has 0 aliphatic rings. The second-order valence-corrected chi connectivity index (χ2v) is 3.91. The number of ether oxygens (including phenoxy) is 1. The molecule has 0 saturated heterocycles. The maximum Gasteiger partial charge on any atom is 0.317 e. The van der Waals surface area contributed by atoms with E-state index >= 15 is 0 Å². The largest absolute Gasteiger partial charge is 0.481 e. The van der Waals surface area contributed by atoms with Crippen molar-refractivity contribution in [3.8, 4) is 0 Å². The minimum absolute atomic E-state index is 0.0828. The van der Waals surface area contributed by atoms with E-state index in [9.17, 15) is 9.59 Å². The lowest BCUT2D eigenvalue weighted by molar-refractivity contribution is -0.154. The summed E-state index contributed by atoms with van der Waals surface area (Å²) in [6, 6.07) is 9.58. The van der Waals surface area contributed by atoms with Crippen molar-refractivity contribution in [3.05, 3.63) is 35.9 Å². The third-order valence-electron chi connectivity index (χ3n) is 2.49. The summed E-state index contributed by atoms with van der Waals surface area (Å²) in [5.41, 5.74) is 1.03. The highest BCUT2D eigenvalue weighted by atomic mass is 16.5. The second-order valence-electron chi connectivity index (χ2n) is 3.91. The van der Waals surface area contributed by atoms with Crippen LogP contribution in [0.4, 0.5) is 0 Å². The maximum atomic E-state index is 10.6. The van der Waals surface area contributed by atoms with Gasteiger partial charge < -0.3 is 14.9 Å². The van der Waals surface area contributed by atoms with E-state index in [1.807, 2.05) is 30.3 Å². The molecular weight excluding hydrogens is 236 g/mol. The van der Waals surface area contributed by atoms with Gasteiger partial charge in [-0.1, -0.05) is 30.3 Å². The summed E-state index contributed by atoms with van der Waals surface area (Å²) in [5.74, 6) is -3.94. The first kappa shape index (κ1) is 14.2. The number of benzene rings is 1. The minimum Gasteiger partial charge on any atom is -0.481 e. The number of hydrogen-bond acceptors (Lipinski definition) is 3. The van der Waals surface area contributed by atoms with Gasteiger partial charge in [-0.15, -0.1) is 0 Å². The molecule has 0 aliphatic heterocycles. The first-order chi connectivity index (χ1) is 8.61. The van der Waals surface area contributed by atoms with Crippen LogP contribution >= 0.6 is 0 Å². The fraction of sp³-hybridized carbons (Fsp3) is 0.385. The van der Waals surface area contributed by atoms with E-state index in [1.54, 1.807) is 0 Å². The first-order valence-electron chi connectivity index (χ1n) is 5.68. The molecule has 0 atom stereocenters. The number of rotatable bonds is 8. The molecule has 2 N–H and O–H groups in total. The lowest BCUT2D eigenvalue weighted by atomic mass is 10.0. The molecule has 0 spiro atoms. The summed E-state index contributed by atoms with van der Waals surface area (Å²) in [5, 5.41) is 17.3. The predicted octanol–water partition coefficient (Wildman–Crippen LogP) is 1.77. The summed E-state index contributed by atoms with van der Waals surface area (Å²) >= 11 is 0. The van der Waals surface area contributed by atoms with Gasteiger partial charge in [0, 0.05) is 6.61 Å². The molecular formula is C13H16O5. The molecule has 0 bridgehead atoms. The Bertz CT molecular complexity index is 374. The smallest absolute Gasteiger partial charge is 0.317 e. The zero-order valence-corrected chi connectivity index (χ0v) is 9.91. The lowest BCUT2D eigenvalue weighted by Crippen LogP contribution is -2.23. The minimum atomic E-state index is -1.34. The molecule has 5 nitrogen and oxygen atoms in total. The summed E-state index contributed by atoms with van der Waals surface area (Å²) in [7, 11) is 0. The molecule has 1 aromatic carbocycles. The van der Waals surface area contributed by atoms with Crippen LogP contribution in [0.25, 0.3) is 0 Å². The van der Waals surface area contributed by atoms with Crippen molar-refractivity contribution in [2.45, 2.75) is 19.4 Å². The van der Waals surface area contributed by atoms with Gasteiger partial charge in [0.1, 0.15) is 0 Å². The van der Waals surface area contributed by atoms with Crippen LogP contribution in [0.15, 0.2) is 30.3 Å². The van der Waals surface area contributed by atoms with E-state index in [1.165, 1.54) is 0 Å². The van der Waals surface area contributed by atoms with Gasteiger partial charge in [-0.2, -0.15) is 0 Å². The first-order valence-corrected chi connectivity index (χ1v) is 5.68. The summed E-state index contributed by atoms with van der Waals surface area (Å²) in [6.45, 7) is 0.803. The fourth-order valence-corrected chi connectivity index (χ4v) is 1.51. The monoisotopic (exact) mass is 252 g/mol. The average Bonchev–Trinajstić information content (AvgIpc) is 2.34. The van der Waals surface area contributed by atoms with E-state index in [0.29, 0.717) is 19.6 Å². The van der Waals surface area contributed by atoms with Crippen LogP contribution < -0.4 is 0 Å². The van der Waals surface area contributed by atoms with Gasteiger partial charge >= 0.3 is 11.9 Å². The van der Waals surface area contributed by atoms with E-state index in [-0.39, 0.29) is 6.42 Å². The molecule has 0 heterocycles. The number of aliphatic carboxylic acids is 2. The number of carboxylic acids is 2. The normalized spacial score (nSPS) is 10.5. The zero-order chi connectivity index (χ0) is 13.4. The molecule has 0 fully saturated rings. The number of carbonyl (C=O) groups is 2. The summed E-state index contributed by atoms with van der Waals surface area (Å²) in [4.78, 5) is 21.2. The molecule has 0 radical (unpaired) electrons. The van der Waals surface area contributed by atoms with Crippen LogP contribution in [0, 0.1) is 5.92 Å². The summed E-state index contributed by atoms with van der Waals surface area (Å²) < 4.78 is 5.34. The van der Waals surface area contributed by atoms with Gasteiger partial charge in [0.05, 0.1) is 6.61 Å². The highest BCUT2D eigenvalue weighted by Crippen LogP contribution is 2.08. The topological polar surface area (TPSA) is 83.8 Å².